The van der Waals surface area contributed by atoms with Gasteiger partial charge in [-0.3, -0.25) is 9.79 Å². The van der Waals surface area contributed by atoms with Crippen molar-refractivity contribution in [2.75, 3.05) is 17.2 Å². The fourth-order valence-electron chi connectivity index (χ4n) is 1.92. The number of carbonyl (C=O) groups excluding carboxylic acids is 1. The lowest BCUT2D eigenvalue weighted by atomic mass is 10.2. The largest absolute Gasteiger partial charge is 0.370 e. The van der Waals surface area contributed by atoms with Gasteiger partial charge in [0.2, 0.25) is 5.91 Å². The molecule has 1 aromatic carbocycles. The van der Waals surface area contributed by atoms with Crippen LogP contribution in [0.25, 0.3) is 0 Å². The molecular formula is C17H22IN5O. The van der Waals surface area contributed by atoms with E-state index in [9.17, 15) is 4.79 Å². The molecule has 0 radical (unpaired) electrons. The standard InChI is InChI=1S/C17H21N5O.HI/c1-12-6-8-14(9-7-12)21-17(18)19-11-10-16(23)22-15-5-3-4-13(2)20-15;/h3-9H,10-11H2,1-2H3,(H3,18,19,21)(H,20,22,23);1H. The average Bonchev–Trinajstić information content (AvgIpc) is 2.49. The van der Waals surface area contributed by atoms with Crippen LogP contribution in [0.5, 0.6) is 0 Å². The highest BCUT2D eigenvalue weighted by atomic mass is 127. The number of aryl methyl sites for hydroxylation is 2. The molecule has 2 aromatic rings. The first kappa shape index (κ1) is 19.9. The Morgan fingerprint density at radius 2 is 1.83 bits per heavy atom. The number of pyridine rings is 1. The Kier molecular flexibility index (Phi) is 8.17. The van der Waals surface area contributed by atoms with Crippen molar-refractivity contribution in [1.29, 1.82) is 0 Å². The second kappa shape index (κ2) is 9.86. The normalized spacial score (nSPS) is 10.7. The summed E-state index contributed by atoms with van der Waals surface area (Å²) >= 11 is 0. The molecule has 0 fully saturated rings. The maximum atomic E-state index is 11.8. The van der Waals surface area contributed by atoms with Crippen LogP contribution in [-0.4, -0.2) is 23.4 Å². The number of carbonyl (C=O) groups is 1. The van der Waals surface area contributed by atoms with Crippen molar-refractivity contribution in [3.8, 4) is 0 Å². The average molecular weight is 439 g/mol. The first-order valence-corrected chi connectivity index (χ1v) is 7.40. The van der Waals surface area contributed by atoms with E-state index in [1.54, 1.807) is 6.07 Å². The number of benzene rings is 1. The molecule has 0 saturated heterocycles. The SMILES string of the molecule is Cc1ccc(NC(N)=NCCC(=O)Nc2cccc(C)n2)cc1.I. The second-order valence-corrected chi connectivity index (χ2v) is 5.22. The fraction of sp³-hybridized carbons (Fsp3) is 0.235. The summed E-state index contributed by atoms with van der Waals surface area (Å²) in [7, 11) is 0. The van der Waals surface area contributed by atoms with E-state index in [2.05, 4.69) is 20.6 Å². The molecule has 128 valence electrons. The highest BCUT2D eigenvalue weighted by Gasteiger charge is 2.03. The highest BCUT2D eigenvalue weighted by Crippen LogP contribution is 2.08. The zero-order chi connectivity index (χ0) is 16.7. The predicted molar refractivity (Wildman–Crippen MR) is 109 cm³/mol. The number of halogens is 1. The number of amides is 1. The number of aromatic nitrogens is 1. The Balaban J connectivity index is 0.00000288. The van der Waals surface area contributed by atoms with Gasteiger partial charge in [0.1, 0.15) is 5.82 Å². The predicted octanol–water partition coefficient (Wildman–Crippen LogP) is 3.07. The van der Waals surface area contributed by atoms with Gasteiger partial charge in [-0.2, -0.15) is 0 Å². The molecular weight excluding hydrogens is 417 g/mol. The van der Waals surface area contributed by atoms with E-state index in [0.29, 0.717) is 12.4 Å². The molecule has 0 aliphatic rings. The number of nitrogens with zero attached hydrogens (tertiary/aromatic N) is 2. The van der Waals surface area contributed by atoms with Gasteiger partial charge in [0.25, 0.3) is 0 Å². The smallest absolute Gasteiger partial charge is 0.227 e. The quantitative estimate of drug-likeness (QED) is 0.379. The number of hydrogen-bond donors (Lipinski definition) is 3. The third-order valence-electron chi connectivity index (χ3n) is 3.10. The highest BCUT2D eigenvalue weighted by molar-refractivity contribution is 14.0. The number of nitrogens with two attached hydrogens (primary N) is 1. The van der Waals surface area contributed by atoms with E-state index >= 15 is 0 Å². The lowest BCUT2D eigenvalue weighted by Crippen LogP contribution is -2.23. The van der Waals surface area contributed by atoms with Crippen LogP contribution in [-0.2, 0) is 4.79 Å². The minimum Gasteiger partial charge on any atom is -0.370 e. The number of guanidine groups is 1. The zero-order valence-corrected chi connectivity index (χ0v) is 16.1. The summed E-state index contributed by atoms with van der Waals surface area (Å²) in [5, 5.41) is 5.72. The Morgan fingerprint density at radius 3 is 2.50 bits per heavy atom. The lowest BCUT2D eigenvalue weighted by Gasteiger charge is -2.06. The molecule has 7 heteroatoms. The van der Waals surface area contributed by atoms with Crippen LogP contribution in [0.1, 0.15) is 17.7 Å². The summed E-state index contributed by atoms with van der Waals surface area (Å²) in [6.45, 7) is 4.20. The summed E-state index contributed by atoms with van der Waals surface area (Å²) < 4.78 is 0. The van der Waals surface area contributed by atoms with Crippen LogP contribution in [0.15, 0.2) is 47.5 Å². The Labute approximate surface area is 159 Å². The van der Waals surface area contributed by atoms with Gasteiger partial charge in [-0.15, -0.1) is 24.0 Å². The van der Waals surface area contributed by atoms with Crippen LogP contribution < -0.4 is 16.4 Å². The molecule has 1 heterocycles. The molecule has 4 N–H and O–H groups in total. The molecule has 0 unspecified atom stereocenters. The monoisotopic (exact) mass is 439 g/mol. The number of anilines is 2. The summed E-state index contributed by atoms with van der Waals surface area (Å²) in [4.78, 5) is 20.2. The second-order valence-electron chi connectivity index (χ2n) is 5.22. The molecule has 0 atom stereocenters. The van der Waals surface area contributed by atoms with Crippen molar-refractivity contribution in [2.24, 2.45) is 10.7 Å². The van der Waals surface area contributed by atoms with Gasteiger partial charge in [0, 0.05) is 17.8 Å². The first-order chi connectivity index (χ1) is 11.0. The van der Waals surface area contributed by atoms with Crippen molar-refractivity contribution in [3.05, 3.63) is 53.7 Å². The minimum atomic E-state index is -0.144. The fourth-order valence-corrected chi connectivity index (χ4v) is 1.92. The van der Waals surface area contributed by atoms with Crippen LogP contribution in [0.2, 0.25) is 0 Å². The Morgan fingerprint density at radius 1 is 1.12 bits per heavy atom. The Hall–Kier alpha value is -2.16. The molecule has 1 amide bonds. The molecule has 0 bridgehead atoms. The van der Waals surface area contributed by atoms with Crippen LogP contribution >= 0.6 is 24.0 Å². The van der Waals surface area contributed by atoms with Gasteiger partial charge in [-0.05, 0) is 38.1 Å². The molecule has 1 aromatic heterocycles. The van der Waals surface area contributed by atoms with Gasteiger partial charge in [-0.1, -0.05) is 23.8 Å². The van der Waals surface area contributed by atoms with Gasteiger partial charge < -0.3 is 16.4 Å². The molecule has 24 heavy (non-hydrogen) atoms. The van der Waals surface area contributed by atoms with Gasteiger partial charge in [0.15, 0.2) is 5.96 Å². The molecule has 2 rings (SSSR count). The maximum Gasteiger partial charge on any atom is 0.227 e. The van der Waals surface area contributed by atoms with Gasteiger partial charge >= 0.3 is 0 Å². The molecule has 0 spiro atoms. The van der Waals surface area contributed by atoms with E-state index in [0.717, 1.165) is 11.4 Å². The number of nitrogens with one attached hydrogen (secondary N) is 2. The zero-order valence-electron chi connectivity index (χ0n) is 13.7. The number of rotatable bonds is 5. The molecule has 0 aliphatic heterocycles. The molecule has 0 saturated carbocycles. The van der Waals surface area contributed by atoms with E-state index in [1.807, 2.05) is 50.2 Å². The van der Waals surface area contributed by atoms with Crippen molar-refractivity contribution in [1.82, 2.24) is 4.98 Å². The van der Waals surface area contributed by atoms with E-state index in [-0.39, 0.29) is 42.3 Å². The third kappa shape index (κ3) is 6.95. The van der Waals surface area contributed by atoms with E-state index in [1.165, 1.54) is 5.56 Å². The summed E-state index contributed by atoms with van der Waals surface area (Å²) in [6.07, 6.45) is 0.242. The lowest BCUT2D eigenvalue weighted by molar-refractivity contribution is -0.116. The van der Waals surface area contributed by atoms with E-state index in [4.69, 9.17) is 5.73 Å². The van der Waals surface area contributed by atoms with Crippen LogP contribution in [0.3, 0.4) is 0 Å². The third-order valence-corrected chi connectivity index (χ3v) is 3.10. The van der Waals surface area contributed by atoms with Crippen LogP contribution in [0, 0.1) is 13.8 Å². The Bertz CT molecular complexity index is 700. The van der Waals surface area contributed by atoms with Crippen molar-refractivity contribution in [3.63, 3.8) is 0 Å². The number of hydrogen-bond acceptors (Lipinski definition) is 3. The molecule has 6 nitrogen and oxygen atoms in total. The number of aliphatic imine (C=N–C) groups is 1. The topological polar surface area (TPSA) is 92.4 Å². The van der Waals surface area contributed by atoms with Crippen molar-refractivity contribution < 1.29 is 4.79 Å². The molecule has 0 aliphatic carbocycles. The van der Waals surface area contributed by atoms with Crippen molar-refractivity contribution in [2.45, 2.75) is 20.3 Å². The van der Waals surface area contributed by atoms with Crippen molar-refractivity contribution >= 4 is 47.3 Å². The van der Waals surface area contributed by atoms with E-state index < -0.39 is 0 Å². The summed E-state index contributed by atoms with van der Waals surface area (Å²) in [5.74, 6) is 0.690. The van der Waals surface area contributed by atoms with Gasteiger partial charge in [0.05, 0.1) is 6.54 Å². The minimum absolute atomic E-state index is 0. The maximum absolute atomic E-state index is 11.8. The van der Waals surface area contributed by atoms with Gasteiger partial charge in [-0.25, -0.2) is 4.98 Å². The summed E-state index contributed by atoms with van der Waals surface area (Å²) in [5.41, 5.74) is 8.69. The van der Waals surface area contributed by atoms with Crippen LogP contribution in [0.4, 0.5) is 11.5 Å². The first-order valence-electron chi connectivity index (χ1n) is 7.40. The summed E-state index contributed by atoms with van der Waals surface area (Å²) in [6, 6.07) is 13.3.